The third kappa shape index (κ3) is 6.10. The second-order valence-electron chi connectivity index (χ2n) is 5.65. The third-order valence-electron chi connectivity index (χ3n) is 3.28. The van der Waals surface area contributed by atoms with E-state index in [4.69, 9.17) is 5.73 Å². The van der Waals surface area contributed by atoms with E-state index < -0.39 is 16.0 Å². The van der Waals surface area contributed by atoms with Crippen LogP contribution < -0.4 is 10.5 Å². The maximum atomic E-state index is 12.4. The highest BCUT2D eigenvalue weighted by atomic mass is 35.5. The summed E-state index contributed by atoms with van der Waals surface area (Å²) in [7, 11) is -2.39. The summed E-state index contributed by atoms with van der Waals surface area (Å²) in [5.41, 5.74) is 6.52. The number of hydrogen-bond acceptors (Lipinski definition) is 5. The zero-order valence-electron chi connectivity index (χ0n) is 13.8. The van der Waals surface area contributed by atoms with Gasteiger partial charge in [0.15, 0.2) is 0 Å². The molecular formula is C15H25ClN2O4S. The minimum Gasteiger partial charge on any atom is -0.465 e. The smallest absolute Gasteiger partial charge is 0.338 e. The van der Waals surface area contributed by atoms with Gasteiger partial charge >= 0.3 is 5.97 Å². The van der Waals surface area contributed by atoms with Gasteiger partial charge in [-0.3, -0.25) is 0 Å². The Morgan fingerprint density at radius 1 is 1.35 bits per heavy atom. The zero-order valence-corrected chi connectivity index (χ0v) is 15.5. The summed E-state index contributed by atoms with van der Waals surface area (Å²) in [6.07, 6.45) is 0.662. The molecule has 0 spiro atoms. The number of methoxy groups -OCH3 is 1. The quantitative estimate of drug-likeness (QED) is 0.719. The van der Waals surface area contributed by atoms with E-state index in [0.29, 0.717) is 23.5 Å². The Balaban J connectivity index is 0.00000484. The molecule has 132 valence electrons. The average Bonchev–Trinajstić information content (AvgIpc) is 2.44. The molecule has 0 radical (unpaired) electrons. The summed E-state index contributed by atoms with van der Waals surface area (Å²) >= 11 is 0. The normalized spacial score (nSPS) is 12.6. The molecule has 0 saturated heterocycles. The number of rotatable bonds is 7. The van der Waals surface area contributed by atoms with Crippen LogP contribution in [-0.2, 0) is 14.8 Å². The van der Waals surface area contributed by atoms with Crippen molar-refractivity contribution in [2.45, 2.75) is 38.1 Å². The first-order valence-electron chi connectivity index (χ1n) is 7.12. The monoisotopic (exact) mass is 364 g/mol. The lowest BCUT2D eigenvalue weighted by Crippen LogP contribution is -2.41. The van der Waals surface area contributed by atoms with Crippen molar-refractivity contribution in [3.05, 3.63) is 29.3 Å². The molecule has 6 nitrogen and oxygen atoms in total. The molecule has 1 atom stereocenters. The number of benzene rings is 1. The first kappa shape index (κ1) is 21.9. The van der Waals surface area contributed by atoms with Crippen molar-refractivity contribution in [3.8, 4) is 0 Å². The summed E-state index contributed by atoms with van der Waals surface area (Å²) in [5.74, 6) is -0.159. The lowest BCUT2D eigenvalue weighted by molar-refractivity contribution is 0.0600. The van der Waals surface area contributed by atoms with Crippen LogP contribution in [0, 0.1) is 12.8 Å². The zero-order chi connectivity index (χ0) is 16.9. The van der Waals surface area contributed by atoms with Crippen molar-refractivity contribution in [2.24, 2.45) is 11.7 Å². The van der Waals surface area contributed by atoms with Gasteiger partial charge in [-0.25, -0.2) is 17.9 Å². The van der Waals surface area contributed by atoms with Crippen LogP contribution in [0.2, 0.25) is 0 Å². The van der Waals surface area contributed by atoms with Crippen LogP contribution in [0.25, 0.3) is 0 Å². The fraction of sp³-hybridized carbons (Fsp3) is 0.533. The molecule has 8 heteroatoms. The second-order valence-corrected chi connectivity index (χ2v) is 7.37. The summed E-state index contributed by atoms with van der Waals surface area (Å²) in [4.78, 5) is 11.6. The van der Waals surface area contributed by atoms with Crippen molar-refractivity contribution in [1.29, 1.82) is 0 Å². The van der Waals surface area contributed by atoms with Gasteiger partial charge in [0.05, 0.1) is 17.6 Å². The number of esters is 1. The highest BCUT2D eigenvalue weighted by Crippen LogP contribution is 2.17. The summed E-state index contributed by atoms with van der Waals surface area (Å²) in [5, 5.41) is 0. The molecule has 0 amide bonds. The van der Waals surface area contributed by atoms with Gasteiger partial charge < -0.3 is 10.5 Å². The van der Waals surface area contributed by atoms with Gasteiger partial charge in [0.2, 0.25) is 10.0 Å². The first-order chi connectivity index (χ1) is 10.2. The molecule has 0 saturated carbocycles. The van der Waals surface area contributed by atoms with Crippen molar-refractivity contribution in [2.75, 3.05) is 13.7 Å². The Morgan fingerprint density at radius 3 is 2.39 bits per heavy atom. The van der Waals surface area contributed by atoms with Crippen LogP contribution in [-0.4, -0.2) is 34.1 Å². The average molecular weight is 365 g/mol. The maximum absolute atomic E-state index is 12.4. The Bertz CT molecular complexity index is 632. The number of carbonyl (C=O) groups excluding carboxylic acids is 1. The van der Waals surface area contributed by atoms with Crippen molar-refractivity contribution < 1.29 is 17.9 Å². The van der Waals surface area contributed by atoms with Gasteiger partial charge in [-0.1, -0.05) is 13.8 Å². The Hall–Kier alpha value is -1.15. The molecule has 0 heterocycles. The van der Waals surface area contributed by atoms with E-state index >= 15 is 0 Å². The van der Waals surface area contributed by atoms with Crippen molar-refractivity contribution >= 4 is 28.4 Å². The van der Waals surface area contributed by atoms with Crippen LogP contribution in [0.1, 0.15) is 36.2 Å². The summed E-state index contributed by atoms with van der Waals surface area (Å²) in [6, 6.07) is 3.99. The number of sulfonamides is 1. The molecule has 0 bridgehead atoms. The topological polar surface area (TPSA) is 98.5 Å². The van der Waals surface area contributed by atoms with Crippen LogP contribution >= 0.6 is 12.4 Å². The lowest BCUT2D eigenvalue weighted by atomic mass is 10.1. The number of ether oxygens (including phenoxy) is 1. The molecule has 0 aliphatic rings. The minimum atomic E-state index is -3.67. The molecule has 1 aromatic carbocycles. The van der Waals surface area contributed by atoms with Gasteiger partial charge in [-0.15, -0.1) is 12.4 Å². The van der Waals surface area contributed by atoms with Crippen LogP contribution in [0.4, 0.5) is 0 Å². The van der Waals surface area contributed by atoms with Crippen LogP contribution in [0.15, 0.2) is 23.1 Å². The van der Waals surface area contributed by atoms with Gasteiger partial charge in [0.1, 0.15) is 0 Å². The summed E-state index contributed by atoms with van der Waals surface area (Å²) in [6.45, 7) is 5.91. The lowest BCUT2D eigenvalue weighted by Gasteiger charge is -2.19. The number of nitrogens with one attached hydrogen (secondary N) is 1. The van der Waals surface area contributed by atoms with Gasteiger partial charge in [0.25, 0.3) is 0 Å². The van der Waals surface area contributed by atoms with E-state index in [9.17, 15) is 13.2 Å². The summed E-state index contributed by atoms with van der Waals surface area (Å²) < 4.78 is 32.1. The van der Waals surface area contributed by atoms with E-state index in [-0.39, 0.29) is 29.9 Å². The Kier molecular flexibility index (Phi) is 8.76. The van der Waals surface area contributed by atoms with Gasteiger partial charge in [-0.2, -0.15) is 0 Å². The number of halogens is 1. The minimum absolute atomic E-state index is 0. The molecular weight excluding hydrogens is 340 g/mol. The third-order valence-corrected chi connectivity index (χ3v) is 4.79. The Morgan fingerprint density at radius 2 is 1.96 bits per heavy atom. The highest BCUT2D eigenvalue weighted by Gasteiger charge is 2.21. The van der Waals surface area contributed by atoms with Crippen molar-refractivity contribution in [3.63, 3.8) is 0 Å². The van der Waals surface area contributed by atoms with Gasteiger partial charge in [-0.05, 0) is 43.0 Å². The molecule has 0 aliphatic carbocycles. The standard InChI is InChI=1S/C15H24N2O4S.ClH/c1-10(2)7-12(9-16)17-22(19,20)13-5-6-14(11(3)8-13)15(18)21-4;/h5-6,8,10,12,17H,7,9,16H2,1-4H3;1H. The SMILES string of the molecule is COC(=O)c1ccc(S(=O)(=O)NC(CN)CC(C)C)cc1C.Cl. The molecule has 3 N–H and O–H groups in total. The van der Waals surface area contributed by atoms with Crippen molar-refractivity contribution in [1.82, 2.24) is 4.72 Å². The highest BCUT2D eigenvalue weighted by molar-refractivity contribution is 7.89. The maximum Gasteiger partial charge on any atom is 0.338 e. The number of carbonyl (C=O) groups is 1. The van der Waals surface area contributed by atoms with Gasteiger partial charge in [0, 0.05) is 12.6 Å². The molecule has 0 fully saturated rings. The molecule has 0 aliphatic heterocycles. The molecule has 0 aromatic heterocycles. The second kappa shape index (κ2) is 9.22. The molecule has 1 unspecified atom stereocenters. The fourth-order valence-electron chi connectivity index (χ4n) is 2.19. The molecule has 1 aromatic rings. The largest absolute Gasteiger partial charge is 0.465 e. The molecule has 23 heavy (non-hydrogen) atoms. The number of nitrogens with two attached hydrogens (primary N) is 1. The van der Waals surface area contributed by atoms with E-state index in [1.54, 1.807) is 6.92 Å². The fourth-order valence-corrected chi connectivity index (χ4v) is 3.54. The van der Waals surface area contributed by atoms with E-state index in [1.165, 1.54) is 25.3 Å². The Labute approximate surface area is 144 Å². The predicted molar refractivity (Wildman–Crippen MR) is 92.4 cm³/mol. The van der Waals surface area contributed by atoms with E-state index in [2.05, 4.69) is 9.46 Å². The predicted octanol–water partition coefficient (Wildman–Crippen LogP) is 1.86. The van der Waals surface area contributed by atoms with E-state index in [0.717, 1.165) is 0 Å². The van der Waals surface area contributed by atoms with Crippen LogP contribution in [0.3, 0.4) is 0 Å². The van der Waals surface area contributed by atoms with Crippen LogP contribution in [0.5, 0.6) is 0 Å². The van der Waals surface area contributed by atoms with E-state index in [1.807, 2.05) is 13.8 Å². The first-order valence-corrected chi connectivity index (χ1v) is 8.61. The number of hydrogen-bond donors (Lipinski definition) is 2. The molecule has 1 rings (SSSR count). The number of aryl methyl sites for hydroxylation is 1.